The Morgan fingerprint density at radius 2 is 1.09 bits per heavy atom. The van der Waals surface area contributed by atoms with Gasteiger partial charge in [0.1, 0.15) is 0 Å². The number of amides is 2. The predicted molar refractivity (Wildman–Crippen MR) is 223 cm³/mol. The van der Waals surface area contributed by atoms with E-state index in [2.05, 4.69) is 121 Å². The number of nitrogens with zero attached hydrogens (tertiary/aromatic N) is 5. The van der Waals surface area contributed by atoms with E-state index in [4.69, 9.17) is 0 Å². The highest BCUT2D eigenvalue weighted by molar-refractivity contribution is 5.79. The van der Waals surface area contributed by atoms with Crippen LogP contribution in [0, 0.1) is 34.5 Å². The Bertz CT molecular complexity index is 1540. The minimum atomic E-state index is 0.338. The first-order chi connectivity index (χ1) is 25.8. The molecule has 2 spiro atoms. The van der Waals surface area contributed by atoms with Crippen LogP contribution in [0.5, 0.6) is 0 Å². The summed E-state index contributed by atoms with van der Waals surface area (Å²) in [6.45, 7) is 27.1. The molecule has 5 heterocycles. The van der Waals surface area contributed by atoms with Crippen LogP contribution in [0.1, 0.15) is 116 Å². The van der Waals surface area contributed by atoms with Gasteiger partial charge in [-0.15, -0.1) is 0 Å². The summed E-state index contributed by atoms with van der Waals surface area (Å²) in [5.74, 6) is 4.95. The van der Waals surface area contributed by atoms with Crippen molar-refractivity contribution in [2.75, 3.05) is 81.8 Å². The molecule has 6 aliphatic rings. The second-order valence-corrected chi connectivity index (χ2v) is 19.9. The molecule has 2 amide bonds. The van der Waals surface area contributed by atoms with Gasteiger partial charge in [-0.3, -0.25) is 14.5 Å². The van der Waals surface area contributed by atoms with Gasteiger partial charge in [0.15, 0.2) is 0 Å². The fraction of sp³-hybridized carbons (Fsp3) is 0.702. The van der Waals surface area contributed by atoms with E-state index in [1.54, 1.807) is 0 Å². The lowest BCUT2D eigenvalue weighted by Crippen LogP contribution is -2.73. The van der Waals surface area contributed by atoms with Crippen LogP contribution in [-0.2, 0) is 9.59 Å². The molecule has 0 radical (unpaired) electrons. The fourth-order valence-electron chi connectivity index (χ4n) is 10.4. The van der Waals surface area contributed by atoms with Gasteiger partial charge in [0.2, 0.25) is 11.8 Å². The lowest BCUT2D eigenvalue weighted by molar-refractivity contribution is -0.146. The zero-order chi connectivity index (χ0) is 38.2. The lowest BCUT2D eigenvalue weighted by Gasteiger charge is -2.61. The second-order valence-electron chi connectivity index (χ2n) is 19.9. The van der Waals surface area contributed by atoms with E-state index >= 15 is 0 Å². The molecular formula is C47H71N5O2. The zero-order valence-corrected chi connectivity index (χ0v) is 34.9. The molecule has 1 aliphatic carbocycles. The molecule has 5 aliphatic heterocycles. The van der Waals surface area contributed by atoms with Gasteiger partial charge in [-0.1, -0.05) is 72.7 Å². The Morgan fingerprint density at radius 3 is 1.56 bits per heavy atom. The average molecular weight is 738 g/mol. The summed E-state index contributed by atoms with van der Waals surface area (Å²) < 4.78 is 0. The molecular weight excluding hydrogens is 667 g/mol. The van der Waals surface area contributed by atoms with E-state index in [0.29, 0.717) is 46.9 Å². The van der Waals surface area contributed by atoms with Crippen LogP contribution < -0.4 is 9.80 Å². The molecule has 0 unspecified atom stereocenters. The standard InChI is InChI=1S/C25H38N2O.C22H33N3O/c1-18(2)21-5-7-23(8-6-21)27-16-25(17-27)14-20(15-25)13-24(28)26-11-9-22(10-12-26)19(3)4;1-17(2)19-4-6-20(7-5-19)24-13-22(14-24)15-25(16-22)21(26)12-23-10-8-18(3)9-11-23/h5-8,18-20,22H,9-17H2,1-4H3;4-7,17-18H,8-16H2,1-3H3. The van der Waals surface area contributed by atoms with E-state index in [-0.39, 0.29) is 0 Å². The molecule has 1 saturated carbocycles. The third-order valence-corrected chi connectivity index (χ3v) is 14.3. The van der Waals surface area contributed by atoms with Crippen molar-refractivity contribution in [1.82, 2.24) is 14.7 Å². The largest absolute Gasteiger partial charge is 0.370 e. The first kappa shape index (κ1) is 39.2. The molecule has 6 fully saturated rings. The van der Waals surface area contributed by atoms with Crippen LogP contribution in [0.25, 0.3) is 0 Å². The molecule has 5 saturated heterocycles. The summed E-state index contributed by atoms with van der Waals surface area (Å²) >= 11 is 0. The number of hydrogen-bond donors (Lipinski definition) is 0. The number of anilines is 2. The third kappa shape index (κ3) is 8.82. The van der Waals surface area contributed by atoms with Crippen molar-refractivity contribution in [3.05, 3.63) is 59.7 Å². The van der Waals surface area contributed by atoms with Gasteiger partial charge in [-0.25, -0.2) is 0 Å². The van der Waals surface area contributed by atoms with Crippen molar-refractivity contribution in [3.63, 3.8) is 0 Å². The van der Waals surface area contributed by atoms with Crippen molar-refractivity contribution < 1.29 is 9.59 Å². The Labute approximate surface area is 327 Å². The molecule has 296 valence electrons. The number of carbonyl (C=O) groups is 2. The number of likely N-dealkylation sites (tertiary alicyclic amines) is 3. The van der Waals surface area contributed by atoms with Gasteiger partial charge in [0.05, 0.1) is 6.54 Å². The van der Waals surface area contributed by atoms with Gasteiger partial charge < -0.3 is 19.6 Å². The smallest absolute Gasteiger partial charge is 0.236 e. The van der Waals surface area contributed by atoms with Crippen LogP contribution in [0.4, 0.5) is 11.4 Å². The van der Waals surface area contributed by atoms with E-state index in [1.165, 1.54) is 74.1 Å². The fourth-order valence-corrected chi connectivity index (χ4v) is 10.4. The summed E-state index contributed by atoms with van der Waals surface area (Å²) in [5.41, 5.74) is 6.37. The van der Waals surface area contributed by atoms with Crippen molar-refractivity contribution in [2.45, 2.75) is 105 Å². The highest BCUT2D eigenvalue weighted by Crippen LogP contribution is 2.54. The highest BCUT2D eigenvalue weighted by Gasteiger charge is 2.54. The summed E-state index contributed by atoms with van der Waals surface area (Å²) in [7, 11) is 0. The maximum absolute atomic E-state index is 12.7. The molecule has 2 aromatic carbocycles. The van der Waals surface area contributed by atoms with Gasteiger partial charge in [0, 0.05) is 81.0 Å². The molecule has 2 aromatic rings. The molecule has 0 bridgehead atoms. The summed E-state index contributed by atoms with van der Waals surface area (Å²) in [6, 6.07) is 18.1. The maximum atomic E-state index is 12.7. The van der Waals surface area contributed by atoms with Gasteiger partial charge >= 0.3 is 0 Å². The predicted octanol–water partition coefficient (Wildman–Crippen LogP) is 8.50. The third-order valence-electron chi connectivity index (χ3n) is 14.3. The Kier molecular flexibility index (Phi) is 11.8. The molecule has 0 N–H and O–H groups in total. The van der Waals surface area contributed by atoms with Crippen LogP contribution in [0.15, 0.2) is 48.5 Å². The Balaban J connectivity index is 0.000000167. The van der Waals surface area contributed by atoms with Crippen LogP contribution >= 0.6 is 0 Å². The molecule has 0 aromatic heterocycles. The number of benzene rings is 2. The summed E-state index contributed by atoms with van der Waals surface area (Å²) in [6.07, 6.45) is 8.16. The molecule has 8 rings (SSSR count). The minimum absolute atomic E-state index is 0.338. The number of carbonyl (C=O) groups excluding carboxylic acids is 2. The Hall–Kier alpha value is -3.06. The van der Waals surface area contributed by atoms with Gasteiger partial charge in [-0.05, 0) is 123 Å². The normalized spacial score (nSPS) is 22.9. The van der Waals surface area contributed by atoms with E-state index in [1.807, 2.05) is 0 Å². The first-order valence-corrected chi connectivity index (χ1v) is 21.8. The number of piperidine rings is 2. The molecule has 0 atom stereocenters. The quantitative estimate of drug-likeness (QED) is 0.259. The number of hydrogen-bond acceptors (Lipinski definition) is 5. The maximum Gasteiger partial charge on any atom is 0.236 e. The van der Waals surface area contributed by atoms with Crippen molar-refractivity contribution in [1.29, 1.82) is 0 Å². The van der Waals surface area contributed by atoms with Gasteiger partial charge in [-0.2, -0.15) is 0 Å². The zero-order valence-electron chi connectivity index (χ0n) is 34.9. The van der Waals surface area contributed by atoms with Crippen LogP contribution in [0.3, 0.4) is 0 Å². The molecule has 54 heavy (non-hydrogen) atoms. The van der Waals surface area contributed by atoms with E-state index in [0.717, 1.165) is 76.5 Å². The summed E-state index contributed by atoms with van der Waals surface area (Å²) in [4.78, 5) is 36.7. The monoisotopic (exact) mass is 738 g/mol. The summed E-state index contributed by atoms with van der Waals surface area (Å²) in [5, 5.41) is 0. The Morgan fingerprint density at radius 1 is 0.611 bits per heavy atom. The van der Waals surface area contributed by atoms with E-state index < -0.39 is 0 Å². The van der Waals surface area contributed by atoms with Crippen molar-refractivity contribution >= 4 is 23.2 Å². The lowest BCUT2D eigenvalue weighted by atomic mass is 9.57. The minimum Gasteiger partial charge on any atom is -0.370 e. The van der Waals surface area contributed by atoms with Gasteiger partial charge in [0.25, 0.3) is 0 Å². The van der Waals surface area contributed by atoms with Crippen LogP contribution in [0.2, 0.25) is 0 Å². The van der Waals surface area contributed by atoms with Crippen molar-refractivity contribution in [2.24, 2.45) is 34.5 Å². The first-order valence-electron chi connectivity index (χ1n) is 21.8. The van der Waals surface area contributed by atoms with Crippen molar-refractivity contribution in [3.8, 4) is 0 Å². The molecule has 7 nitrogen and oxygen atoms in total. The second kappa shape index (κ2) is 16.2. The van der Waals surface area contributed by atoms with Crippen LogP contribution in [-0.4, -0.2) is 98.5 Å². The van der Waals surface area contributed by atoms with E-state index in [9.17, 15) is 9.59 Å². The molecule has 7 heteroatoms. The number of rotatable bonds is 9. The SMILES string of the molecule is CC(C)c1ccc(N2CC3(CC(CC(=O)N4CCC(C(C)C)CC4)C3)C2)cc1.CC1CCN(CC(=O)N2CC3(C2)CN(c2ccc(C(C)C)cc2)C3)CC1. The average Bonchev–Trinajstić information content (AvgIpc) is 3.09. The highest BCUT2D eigenvalue weighted by atomic mass is 16.2. The topological polar surface area (TPSA) is 50.3 Å².